The van der Waals surface area contributed by atoms with E-state index in [2.05, 4.69) is 5.32 Å². The minimum Gasteiger partial charge on any atom is -0.492 e. The second-order valence-corrected chi connectivity index (χ2v) is 9.27. The lowest BCUT2D eigenvalue weighted by Crippen LogP contribution is -2.27. The highest BCUT2D eigenvalue weighted by Gasteiger charge is 2.43. The van der Waals surface area contributed by atoms with Gasteiger partial charge in [-0.2, -0.15) is 0 Å². The molecule has 3 unspecified atom stereocenters. The van der Waals surface area contributed by atoms with Crippen LogP contribution in [0.3, 0.4) is 0 Å². The van der Waals surface area contributed by atoms with E-state index in [4.69, 9.17) is 4.74 Å². The number of hydrogen-bond donors (Lipinski definition) is 1. The van der Waals surface area contributed by atoms with Crippen molar-refractivity contribution < 1.29 is 17.9 Å². The van der Waals surface area contributed by atoms with E-state index in [0.29, 0.717) is 29.9 Å². The maximum absolute atomic E-state index is 12.6. The molecule has 6 nitrogen and oxygen atoms in total. The van der Waals surface area contributed by atoms with Gasteiger partial charge in [0.15, 0.2) is 0 Å². The molecule has 1 amide bonds. The van der Waals surface area contributed by atoms with E-state index in [0.717, 1.165) is 23.6 Å². The number of sulfonamides is 1. The molecule has 1 aromatic rings. The molecule has 0 saturated heterocycles. The van der Waals surface area contributed by atoms with Crippen LogP contribution >= 0.6 is 0 Å². The van der Waals surface area contributed by atoms with Crippen LogP contribution < -0.4 is 10.1 Å². The van der Waals surface area contributed by atoms with Crippen LogP contribution in [0.1, 0.15) is 32.6 Å². The van der Waals surface area contributed by atoms with Gasteiger partial charge in [-0.1, -0.05) is 6.42 Å². The lowest BCUT2D eigenvalue weighted by atomic mass is 9.88. The van der Waals surface area contributed by atoms with Crippen LogP contribution in [0.4, 0.5) is 5.69 Å². The van der Waals surface area contributed by atoms with Gasteiger partial charge in [0.2, 0.25) is 15.9 Å². The number of carbonyl (C=O) groups excluding carboxylic acids is 1. The van der Waals surface area contributed by atoms with Crippen molar-refractivity contribution in [2.24, 2.45) is 17.8 Å². The molecular formula is C18H26N2O4S. The Kier molecular flexibility index (Phi) is 5.06. The second-order valence-electron chi connectivity index (χ2n) is 7.15. The van der Waals surface area contributed by atoms with Crippen molar-refractivity contribution in [2.45, 2.75) is 37.5 Å². The molecule has 25 heavy (non-hydrogen) atoms. The molecule has 2 fully saturated rings. The highest BCUT2D eigenvalue weighted by Crippen LogP contribution is 2.48. The van der Waals surface area contributed by atoms with Crippen LogP contribution in [0.5, 0.6) is 5.75 Å². The molecule has 3 rings (SSSR count). The van der Waals surface area contributed by atoms with E-state index in [1.807, 2.05) is 0 Å². The Balaban J connectivity index is 1.84. The molecule has 2 aliphatic rings. The standard InChI is InChI=1S/C18H26N2O4S/c1-4-24-16-8-7-14(11-17(16)25(22,23)20(2)3)19-18(21)15-10-12-5-6-13(15)9-12/h7-8,11-13,15H,4-6,9-10H2,1-3H3,(H,19,21). The Labute approximate surface area is 149 Å². The SMILES string of the molecule is CCOc1ccc(NC(=O)C2CC3CCC2C3)cc1S(=O)(=O)N(C)C. The third kappa shape index (κ3) is 3.53. The molecule has 7 heteroatoms. The predicted octanol–water partition coefficient (Wildman–Crippen LogP) is 2.71. The molecule has 3 atom stereocenters. The van der Waals surface area contributed by atoms with Crippen molar-refractivity contribution in [3.63, 3.8) is 0 Å². The summed E-state index contributed by atoms with van der Waals surface area (Å²) in [4.78, 5) is 12.7. The normalized spacial score (nSPS) is 25.4. The van der Waals surface area contributed by atoms with Crippen LogP contribution in [-0.4, -0.2) is 39.3 Å². The number of nitrogens with zero attached hydrogens (tertiary/aromatic N) is 1. The number of benzene rings is 1. The summed E-state index contributed by atoms with van der Waals surface area (Å²) in [5.41, 5.74) is 0.497. The van der Waals surface area contributed by atoms with E-state index in [-0.39, 0.29) is 16.7 Å². The van der Waals surface area contributed by atoms with Crippen molar-refractivity contribution in [1.82, 2.24) is 4.31 Å². The minimum atomic E-state index is -3.66. The van der Waals surface area contributed by atoms with E-state index in [1.165, 1.54) is 26.6 Å². The van der Waals surface area contributed by atoms with Crippen LogP contribution in [-0.2, 0) is 14.8 Å². The van der Waals surface area contributed by atoms with Crippen LogP contribution in [0.2, 0.25) is 0 Å². The number of anilines is 1. The number of nitrogens with one attached hydrogen (secondary N) is 1. The monoisotopic (exact) mass is 366 g/mol. The van der Waals surface area contributed by atoms with E-state index < -0.39 is 10.0 Å². The lowest BCUT2D eigenvalue weighted by Gasteiger charge is -2.21. The summed E-state index contributed by atoms with van der Waals surface area (Å²) >= 11 is 0. The molecule has 1 N–H and O–H groups in total. The third-order valence-electron chi connectivity index (χ3n) is 5.34. The van der Waals surface area contributed by atoms with Gasteiger partial charge < -0.3 is 10.1 Å². The maximum atomic E-state index is 12.6. The molecule has 0 aliphatic heterocycles. The first-order chi connectivity index (χ1) is 11.8. The zero-order chi connectivity index (χ0) is 18.2. The van der Waals surface area contributed by atoms with Gasteiger partial charge in [0, 0.05) is 25.7 Å². The largest absolute Gasteiger partial charge is 0.492 e. The topological polar surface area (TPSA) is 75.7 Å². The summed E-state index contributed by atoms with van der Waals surface area (Å²) in [5.74, 6) is 1.53. The van der Waals surface area contributed by atoms with Gasteiger partial charge in [-0.15, -0.1) is 0 Å². The highest BCUT2D eigenvalue weighted by molar-refractivity contribution is 7.89. The molecule has 138 valence electrons. The smallest absolute Gasteiger partial charge is 0.246 e. The molecule has 2 saturated carbocycles. The average molecular weight is 366 g/mol. The van der Waals surface area contributed by atoms with Crippen molar-refractivity contribution in [2.75, 3.05) is 26.0 Å². The number of ether oxygens (including phenoxy) is 1. The van der Waals surface area contributed by atoms with Crippen LogP contribution in [0.15, 0.2) is 23.1 Å². The zero-order valence-corrected chi connectivity index (χ0v) is 15.8. The molecule has 0 spiro atoms. The van der Waals surface area contributed by atoms with Gasteiger partial charge in [-0.25, -0.2) is 12.7 Å². The van der Waals surface area contributed by atoms with Gasteiger partial charge in [-0.05, 0) is 56.2 Å². The molecule has 1 aromatic carbocycles. The minimum absolute atomic E-state index is 0.00422. The number of fused-ring (bicyclic) bond motifs is 2. The quantitative estimate of drug-likeness (QED) is 0.840. The molecule has 0 aromatic heterocycles. The number of carbonyl (C=O) groups is 1. The van der Waals surface area contributed by atoms with E-state index >= 15 is 0 Å². The first-order valence-corrected chi connectivity index (χ1v) is 10.3. The lowest BCUT2D eigenvalue weighted by molar-refractivity contribution is -0.121. The molecule has 2 aliphatic carbocycles. The first kappa shape index (κ1) is 18.2. The number of amides is 1. The van der Waals surface area contributed by atoms with Crippen molar-refractivity contribution in [3.8, 4) is 5.75 Å². The van der Waals surface area contributed by atoms with Crippen molar-refractivity contribution in [1.29, 1.82) is 0 Å². The van der Waals surface area contributed by atoms with Crippen LogP contribution in [0.25, 0.3) is 0 Å². The molecule has 2 bridgehead atoms. The maximum Gasteiger partial charge on any atom is 0.246 e. The Morgan fingerprint density at radius 1 is 1.28 bits per heavy atom. The summed E-state index contributed by atoms with van der Waals surface area (Å²) in [6.07, 6.45) is 4.48. The van der Waals surface area contributed by atoms with Crippen molar-refractivity contribution >= 4 is 21.6 Å². The summed E-state index contributed by atoms with van der Waals surface area (Å²) in [6, 6.07) is 4.80. The summed E-state index contributed by atoms with van der Waals surface area (Å²) < 4.78 is 31.7. The van der Waals surface area contributed by atoms with Gasteiger partial charge in [0.1, 0.15) is 10.6 Å². The molecule has 0 heterocycles. The number of rotatable bonds is 6. The zero-order valence-electron chi connectivity index (χ0n) is 15.0. The van der Waals surface area contributed by atoms with Gasteiger partial charge in [0.25, 0.3) is 0 Å². The summed E-state index contributed by atoms with van der Waals surface area (Å²) in [7, 11) is -0.703. The predicted molar refractivity (Wildman–Crippen MR) is 96.1 cm³/mol. The van der Waals surface area contributed by atoms with Crippen molar-refractivity contribution in [3.05, 3.63) is 18.2 Å². The summed E-state index contributed by atoms with van der Waals surface area (Å²) in [5, 5.41) is 2.91. The Morgan fingerprint density at radius 3 is 2.60 bits per heavy atom. The summed E-state index contributed by atoms with van der Waals surface area (Å²) in [6.45, 7) is 2.17. The third-order valence-corrected chi connectivity index (χ3v) is 7.18. The van der Waals surface area contributed by atoms with E-state index in [9.17, 15) is 13.2 Å². The highest BCUT2D eigenvalue weighted by atomic mass is 32.2. The fraction of sp³-hybridized carbons (Fsp3) is 0.611. The Bertz CT molecular complexity index is 760. The van der Waals surface area contributed by atoms with Gasteiger partial charge in [0.05, 0.1) is 6.61 Å². The fourth-order valence-electron chi connectivity index (χ4n) is 4.06. The first-order valence-electron chi connectivity index (χ1n) is 8.83. The Hall–Kier alpha value is -1.60. The fourth-order valence-corrected chi connectivity index (χ4v) is 5.11. The van der Waals surface area contributed by atoms with Crippen LogP contribution in [0, 0.1) is 17.8 Å². The molecule has 0 radical (unpaired) electrons. The van der Waals surface area contributed by atoms with Gasteiger partial charge >= 0.3 is 0 Å². The van der Waals surface area contributed by atoms with E-state index in [1.54, 1.807) is 19.1 Å². The van der Waals surface area contributed by atoms with Gasteiger partial charge in [-0.3, -0.25) is 4.79 Å². The average Bonchev–Trinajstić information content (AvgIpc) is 3.19. The molecular weight excluding hydrogens is 340 g/mol. The second kappa shape index (κ2) is 6.96. The number of hydrogen-bond acceptors (Lipinski definition) is 4. The Morgan fingerprint density at radius 2 is 2.04 bits per heavy atom.